The van der Waals surface area contributed by atoms with Crippen LogP contribution in [0.15, 0.2) is 102 Å². The number of nitrogens with one attached hydrogen (secondary N) is 1. The van der Waals surface area contributed by atoms with Crippen LogP contribution >= 0.6 is 11.3 Å². The number of hydrogen-bond donors (Lipinski definition) is 1. The fraction of sp³-hybridized carbons (Fsp3) is 0.114. The van der Waals surface area contributed by atoms with Crippen LogP contribution in [-0.2, 0) is 20.9 Å². The van der Waals surface area contributed by atoms with Gasteiger partial charge in [-0.1, -0.05) is 54.6 Å². The molecule has 0 saturated carbocycles. The molecule has 4 aromatic carbocycles. The second-order valence-corrected chi connectivity index (χ2v) is 11.7. The van der Waals surface area contributed by atoms with Gasteiger partial charge in [0, 0.05) is 22.7 Å². The van der Waals surface area contributed by atoms with Gasteiger partial charge in [-0.15, -0.1) is 11.3 Å². The molecule has 1 atom stereocenters. The molecule has 2 aliphatic heterocycles. The van der Waals surface area contributed by atoms with E-state index in [1.54, 1.807) is 36.4 Å². The molecule has 3 heterocycles. The zero-order valence-electron chi connectivity index (χ0n) is 24.6. The number of amides is 3. The summed E-state index contributed by atoms with van der Waals surface area (Å²) in [7, 11) is 0. The fourth-order valence-electron chi connectivity index (χ4n) is 5.53. The SMILES string of the molecule is O=C1C(=O)N(CC(=O)N(Cc2nc(-c3ccccc3)cs2)C(C(=O)Nc2ccc3c(c2)OCO3)c2ccc(F)cc2)c2ccccc21. The summed E-state index contributed by atoms with van der Waals surface area (Å²) in [6.45, 7) is -0.592. The molecule has 0 fully saturated rings. The van der Waals surface area contributed by atoms with Crippen molar-refractivity contribution < 1.29 is 33.0 Å². The van der Waals surface area contributed by atoms with Crippen molar-refractivity contribution in [3.63, 3.8) is 0 Å². The summed E-state index contributed by atoms with van der Waals surface area (Å²) in [5.74, 6) is -2.35. The summed E-state index contributed by atoms with van der Waals surface area (Å²) in [4.78, 5) is 61.4. The minimum atomic E-state index is -1.29. The van der Waals surface area contributed by atoms with Crippen molar-refractivity contribution >= 4 is 46.2 Å². The van der Waals surface area contributed by atoms with E-state index in [4.69, 9.17) is 14.5 Å². The lowest BCUT2D eigenvalue weighted by Gasteiger charge is -2.32. The number of fused-ring (bicyclic) bond motifs is 2. The third-order valence-corrected chi connectivity index (χ3v) is 8.64. The standard InChI is InChI=1S/C35H25FN4O6S/c36-23-12-10-22(11-13-23)32(34(43)37-24-14-15-28-29(16-24)46-20-45-28)40(17-30-38-26(19-47-30)21-6-2-1-3-7-21)31(41)18-39-27-9-5-4-8-25(27)33(42)35(39)44/h1-16,19,32H,17-18,20H2,(H,37,43). The third-order valence-electron chi connectivity index (χ3n) is 7.81. The first-order valence-corrected chi connectivity index (χ1v) is 15.4. The first-order valence-electron chi connectivity index (χ1n) is 14.6. The number of para-hydroxylation sites is 1. The van der Waals surface area contributed by atoms with Crippen LogP contribution in [0.1, 0.15) is 27.0 Å². The molecule has 0 bridgehead atoms. The summed E-state index contributed by atoms with van der Waals surface area (Å²) in [5.41, 5.74) is 2.77. The molecule has 7 rings (SSSR count). The van der Waals surface area contributed by atoms with Crippen LogP contribution in [0.3, 0.4) is 0 Å². The third kappa shape index (κ3) is 5.93. The summed E-state index contributed by atoms with van der Waals surface area (Å²) in [6.07, 6.45) is 0. The number of anilines is 2. The molecular weight excluding hydrogens is 623 g/mol. The van der Waals surface area contributed by atoms with Crippen LogP contribution < -0.4 is 19.7 Å². The van der Waals surface area contributed by atoms with Crippen molar-refractivity contribution in [2.24, 2.45) is 0 Å². The first kappa shape index (κ1) is 29.8. The molecule has 2 aliphatic rings. The second kappa shape index (κ2) is 12.5. The minimum Gasteiger partial charge on any atom is -0.454 e. The van der Waals surface area contributed by atoms with Gasteiger partial charge in [0.25, 0.3) is 17.6 Å². The molecule has 12 heteroatoms. The number of carbonyl (C=O) groups is 4. The van der Waals surface area contributed by atoms with Crippen molar-refractivity contribution in [1.29, 1.82) is 0 Å². The Morgan fingerprint density at radius 3 is 2.49 bits per heavy atom. The molecule has 5 aromatic rings. The number of benzene rings is 4. The highest BCUT2D eigenvalue weighted by molar-refractivity contribution is 7.09. The number of hydrogen-bond acceptors (Lipinski definition) is 8. The topological polar surface area (TPSA) is 118 Å². The van der Waals surface area contributed by atoms with Crippen molar-refractivity contribution in [2.75, 3.05) is 23.6 Å². The van der Waals surface area contributed by atoms with Crippen LogP contribution in [0.2, 0.25) is 0 Å². The molecule has 0 aliphatic carbocycles. The number of ether oxygens (including phenoxy) is 2. The predicted molar refractivity (Wildman–Crippen MR) is 172 cm³/mol. The molecule has 1 aromatic heterocycles. The Morgan fingerprint density at radius 2 is 1.68 bits per heavy atom. The molecule has 10 nitrogen and oxygen atoms in total. The zero-order valence-corrected chi connectivity index (χ0v) is 25.4. The molecule has 0 saturated heterocycles. The lowest BCUT2D eigenvalue weighted by molar-refractivity contribution is -0.139. The van der Waals surface area contributed by atoms with Crippen molar-refractivity contribution in [2.45, 2.75) is 12.6 Å². The number of nitrogens with zero attached hydrogens (tertiary/aromatic N) is 3. The average Bonchev–Trinajstić information content (AvgIpc) is 3.82. The van der Waals surface area contributed by atoms with Gasteiger partial charge in [-0.05, 0) is 42.0 Å². The summed E-state index contributed by atoms with van der Waals surface area (Å²) >= 11 is 1.30. The average molecular weight is 649 g/mol. The molecule has 0 spiro atoms. The lowest BCUT2D eigenvalue weighted by atomic mass is 10.0. The van der Waals surface area contributed by atoms with E-state index in [0.717, 1.165) is 10.5 Å². The van der Waals surface area contributed by atoms with Gasteiger partial charge in [-0.3, -0.25) is 24.1 Å². The van der Waals surface area contributed by atoms with E-state index in [0.29, 0.717) is 39.1 Å². The first-order chi connectivity index (χ1) is 22.9. The van der Waals surface area contributed by atoms with Crippen LogP contribution in [-0.4, -0.2) is 46.7 Å². The molecule has 0 radical (unpaired) electrons. The van der Waals surface area contributed by atoms with E-state index in [-0.39, 0.29) is 18.9 Å². The number of halogens is 1. The van der Waals surface area contributed by atoms with Gasteiger partial charge in [0.15, 0.2) is 11.5 Å². The number of thiazole rings is 1. The Kier molecular flexibility index (Phi) is 7.92. The second-order valence-electron chi connectivity index (χ2n) is 10.8. The fourth-order valence-corrected chi connectivity index (χ4v) is 6.33. The summed E-state index contributed by atoms with van der Waals surface area (Å²) in [5, 5.41) is 5.22. The Labute approximate surface area is 272 Å². The maximum atomic E-state index is 14.3. The van der Waals surface area contributed by atoms with E-state index in [1.807, 2.05) is 35.7 Å². The van der Waals surface area contributed by atoms with E-state index < -0.39 is 41.9 Å². The largest absolute Gasteiger partial charge is 0.454 e. The number of carbonyl (C=O) groups excluding carboxylic acids is 4. The molecule has 1 unspecified atom stereocenters. The molecule has 1 N–H and O–H groups in total. The molecular formula is C35H25FN4O6S. The van der Waals surface area contributed by atoms with E-state index >= 15 is 0 Å². The van der Waals surface area contributed by atoms with E-state index in [9.17, 15) is 23.6 Å². The number of Topliss-reactive ketones (excluding diaryl/α,β-unsaturated/α-hetero) is 1. The number of rotatable bonds is 9. The van der Waals surface area contributed by atoms with Crippen molar-refractivity contribution in [3.05, 3.63) is 124 Å². The smallest absolute Gasteiger partial charge is 0.299 e. The molecule has 234 valence electrons. The molecule has 47 heavy (non-hydrogen) atoms. The van der Waals surface area contributed by atoms with Crippen LogP contribution in [0.25, 0.3) is 11.3 Å². The monoisotopic (exact) mass is 648 g/mol. The zero-order chi connectivity index (χ0) is 32.5. The summed E-state index contributed by atoms with van der Waals surface area (Å²) < 4.78 is 24.9. The van der Waals surface area contributed by atoms with Crippen LogP contribution in [0.4, 0.5) is 15.8 Å². The van der Waals surface area contributed by atoms with Gasteiger partial charge in [-0.25, -0.2) is 9.37 Å². The van der Waals surface area contributed by atoms with Crippen molar-refractivity contribution in [1.82, 2.24) is 9.88 Å². The Morgan fingerprint density at radius 1 is 0.936 bits per heavy atom. The van der Waals surface area contributed by atoms with E-state index in [1.165, 1.54) is 46.6 Å². The highest BCUT2D eigenvalue weighted by Gasteiger charge is 2.39. The Balaban J connectivity index is 1.27. The van der Waals surface area contributed by atoms with Gasteiger partial charge in [0.05, 0.1) is 23.5 Å². The lowest BCUT2D eigenvalue weighted by Crippen LogP contribution is -2.46. The predicted octanol–water partition coefficient (Wildman–Crippen LogP) is 5.62. The number of aromatic nitrogens is 1. The van der Waals surface area contributed by atoms with Crippen LogP contribution in [0, 0.1) is 5.82 Å². The highest BCUT2D eigenvalue weighted by atomic mass is 32.1. The maximum absolute atomic E-state index is 14.3. The highest BCUT2D eigenvalue weighted by Crippen LogP contribution is 2.36. The van der Waals surface area contributed by atoms with Gasteiger partial charge < -0.3 is 19.7 Å². The minimum absolute atomic E-state index is 0.0485. The molecule has 3 amide bonds. The number of ketones is 1. The normalized spacial score (nSPS) is 13.8. The summed E-state index contributed by atoms with van der Waals surface area (Å²) in [6, 6.07) is 24.8. The van der Waals surface area contributed by atoms with Crippen LogP contribution in [0.5, 0.6) is 11.5 Å². The van der Waals surface area contributed by atoms with Gasteiger partial charge in [0.2, 0.25) is 12.7 Å². The Hall–Kier alpha value is -5.88. The van der Waals surface area contributed by atoms with E-state index in [2.05, 4.69) is 5.32 Å². The van der Waals surface area contributed by atoms with Gasteiger partial charge >= 0.3 is 0 Å². The van der Waals surface area contributed by atoms with Gasteiger partial charge in [-0.2, -0.15) is 0 Å². The van der Waals surface area contributed by atoms with Crippen molar-refractivity contribution in [3.8, 4) is 22.8 Å². The Bertz CT molecular complexity index is 2020. The van der Waals surface area contributed by atoms with Gasteiger partial charge in [0.1, 0.15) is 23.4 Å². The maximum Gasteiger partial charge on any atom is 0.299 e. The quantitative estimate of drug-likeness (QED) is 0.206.